The van der Waals surface area contributed by atoms with E-state index in [9.17, 15) is 14.9 Å². The summed E-state index contributed by atoms with van der Waals surface area (Å²) in [7, 11) is 0. The number of esters is 1. The summed E-state index contributed by atoms with van der Waals surface area (Å²) in [5, 5.41) is 9.23. The van der Waals surface area contributed by atoms with Crippen LogP contribution in [0, 0.1) is 25.2 Å². The number of hydrogen-bond acceptors (Lipinski definition) is 5. The first-order valence-electron chi connectivity index (χ1n) is 8.56. The van der Waals surface area contributed by atoms with Crippen LogP contribution in [0.4, 0.5) is 0 Å². The zero-order valence-corrected chi connectivity index (χ0v) is 15.6. The number of aryl methyl sites for hydroxylation is 2. The lowest BCUT2D eigenvalue weighted by molar-refractivity contribution is -0.137. The van der Waals surface area contributed by atoms with Crippen LogP contribution in [0.1, 0.15) is 34.0 Å². The molecule has 5 nitrogen and oxygen atoms in total. The number of ether oxygens (including phenoxy) is 2. The van der Waals surface area contributed by atoms with Gasteiger partial charge in [0.25, 0.3) is 0 Å². The molecule has 138 valence electrons. The van der Waals surface area contributed by atoms with Gasteiger partial charge in [-0.1, -0.05) is 29.8 Å². The average Bonchev–Trinajstić information content (AvgIpc) is 2.67. The molecule has 0 bridgehead atoms. The van der Waals surface area contributed by atoms with E-state index in [1.165, 1.54) is 6.08 Å². The number of carbonyl (C=O) groups is 2. The summed E-state index contributed by atoms with van der Waals surface area (Å²) in [4.78, 5) is 24.4. The Morgan fingerprint density at radius 2 is 1.81 bits per heavy atom. The van der Waals surface area contributed by atoms with Crippen LogP contribution in [0.5, 0.6) is 5.75 Å². The van der Waals surface area contributed by atoms with Crippen LogP contribution in [0.3, 0.4) is 0 Å². The SMILES string of the molecule is CCOc1ccc(/C=C(\C#N)C(=O)OCC(=O)c2cc(C)ccc2C)cc1. The van der Waals surface area contributed by atoms with Gasteiger partial charge in [0.1, 0.15) is 17.4 Å². The number of rotatable bonds is 7. The van der Waals surface area contributed by atoms with E-state index in [4.69, 9.17) is 9.47 Å². The molecule has 2 aromatic rings. The summed E-state index contributed by atoms with van der Waals surface area (Å²) in [5.41, 5.74) is 2.76. The molecule has 0 heterocycles. The summed E-state index contributed by atoms with van der Waals surface area (Å²) < 4.78 is 10.4. The minimum absolute atomic E-state index is 0.173. The largest absolute Gasteiger partial charge is 0.494 e. The van der Waals surface area contributed by atoms with Crippen molar-refractivity contribution in [1.29, 1.82) is 5.26 Å². The first-order valence-corrected chi connectivity index (χ1v) is 8.56. The molecule has 5 heteroatoms. The highest BCUT2D eigenvalue weighted by Crippen LogP contribution is 2.16. The molecule has 0 aliphatic heterocycles. The number of benzene rings is 2. The minimum atomic E-state index is -0.829. The number of Topliss-reactive ketones (excluding diaryl/α,β-unsaturated/α-hetero) is 1. The third kappa shape index (κ3) is 5.55. The zero-order valence-electron chi connectivity index (χ0n) is 15.6. The van der Waals surface area contributed by atoms with Crippen LogP contribution in [0.25, 0.3) is 6.08 Å². The molecule has 0 saturated heterocycles. The van der Waals surface area contributed by atoms with Crippen molar-refractivity contribution in [3.8, 4) is 11.8 Å². The van der Waals surface area contributed by atoms with Crippen molar-refractivity contribution in [3.63, 3.8) is 0 Å². The third-order valence-corrected chi connectivity index (χ3v) is 3.87. The van der Waals surface area contributed by atoms with Gasteiger partial charge in [0.2, 0.25) is 5.78 Å². The molecule has 0 amide bonds. The predicted octanol–water partition coefficient (Wildman–Crippen LogP) is 4.04. The van der Waals surface area contributed by atoms with E-state index in [1.54, 1.807) is 30.3 Å². The Morgan fingerprint density at radius 1 is 1.11 bits per heavy atom. The van der Waals surface area contributed by atoms with Gasteiger partial charge in [0.05, 0.1) is 6.61 Å². The number of carbonyl (C=O) groups excluding carboxylic acids is 2. The van der Waals surface area contributed by atoms with Crippen molar-refractivity contribution >= 4 is 17.8 Å². The van der Waals surface area contributed by atoms with E-state index in [0.717, 1.165) is 11.1 Å². The molecule has 0 aliphatic rings. The fourth-order valence-electron chi connectivity index (χ4n) is 2.45. The average molecular weight is 363 g/mol. The maximum Gasteiger partial charge on any atom is 0.349 e. The Bertz CT molecular complexity index is 905. The van der Waals surface area contributed by atoms with Gasteiger partial charge in [-0.15, -0.1) is 0 Å². The zero-order chi connectivity index (χ0) is 19.8. The molecular weight excluding hydrogens is 342 g/mol. The van der Waals surface area contributed by atoms with E-state index in [-0.39, 0.29) is 11.4 Å². The molecule has 0 aromatic heterocycles. The highest BCUT2D eigenvalue weighted by atomic mass is 16.5. The summed E-state index contributed by atoms with van der Waals surface area (Å²) in [6.07, 6.45) is 1.42. The second kappa shape index (κ2) is 9.35. The summed E-state index contributed by atoms with van der Waals surface area (Å²) >= 11 is 0. The van der Waals surface area contributed by atoms with Crippen molar-refractivity contribution in [1.82, 2.24) is 0 Å². The van der Waals surface area contributed by atoms with Gasteiger partial charge in [0.15, 0.2) is 6.61 Å². The number of nitriles is 1. The lowest BCUT2D eigenvalue weighted by Crippen LogP contribution is -2.16. The molecule has 0 N–H and O–H groups in total. The molecule has 0 atom stereocenters. The van der Waals surface area contributed by atoms with Crippen molar-refractivity contribution < 1.29 is 19.1 Å². The van der Waals surface area contributed by atoms with Crippen LogP contribution in [0.15, 0.2) is 48.0 Å². The second-order valence-corrected chi connectivity index (χ2v) is 5.99. The van der Waals surface area contributed by atoms with E-state index >= 15 is 0 Å². The molecule has 27 heavy (non-hydrogen) atoms. The van der Waals surface area contributed by atoms with Gasteiger partial charge in [-0.3, -0.25) is 4.79 Å². The molecule has 0 unspecified atom stereocenters. The molecule has 0 fully saturated rings. The Hall–Kier alpha value is -3.39. The summed E-state index contributed by atoms with van der Waals surface area (Å²) in [6.45, 7) is 5.73. The smallest absolute Gasteiger partial charge is 0.349 e. The lowest BCUT2D eigenvalue weighted by Gasteiger charge is -2.07. The monoisotopic (exact) mass is 363 g/mol. The highest BCUT2D eigenvalue weighted by molar-refractivity contribution is 6.02. The minimum Gasteiger partial charge on any atom is -0.494 e. The number of ketones is 1. The quantitative estimate of drug-likeness (QED) is 0.321. The van der Waals surface area contributed by atoms with Crippen LogP contribution < -0.4 is 4.74 Å². The van der Waals surface area contributed by atoms with Gasteiger partial charge in [0, 0.05) is 5.56 Å². The lowest BCUT2D eigenvalue weighted by atomic mass is 10.0. The predicted molar refractivity (Wildman–Crippen MR) is 102 cm³/mol. The van der Waals surface area contributed by atoms with Crippen LogP contribution in [-0.4, -0.2) is 25.0 Å². The van der Waals surface area contributed by atoms with Crippen LogP contribution in [-0.2, 0) is 9.53 Å². The second-order valence-electron chi connectivity index (χ2n) is 5.99. The van der Waals surface area contributed by atoms with E-state index < -0.39 is 12.6 Å². The van der Waals surface area contributed by atoms with Crippen molar-refractivity contribution in [3.05, 3.63) is 70.3 Å². The van der Waals surface area contributed by atoms with Gasteiger partial charge in [-0.05, 0) is 56.2 Å². The molecule has 0 aliphatic carbocycles. The van der Waals surface area contributed by atoms with Gasteiger partial charge in [-0.2, -0.15) is 5.26 Å². The fourth-order valence-corrected chi connectivity index (χ4v) is 2.45. The Morgan fingerprint density at radius 3 is 2.44 bits per heavy atom. The van der Waals surface area contributed by atoms with E-state index in [1.807, 2.05) is 39.0 Å². The number of hydrogen-bond donors (Lipinski definition) is 0. The molecule has 2 rings (SSSR count). The van der Waals surface area contributed by atoms with Gasteiger partial charge in [-0.25, -0.2) is 4.79 Å². The van der Waals surface area contributed by atoms with Crippen molar-refractivity contribution in [2.24, 2.45) is 0 Å². The number of nitrogens with zero attached hydrogens (tertiary/aromatic N) is 1. The third-order valence-electron chi connectivity index (χ3n) is 3.87. The highest BCUT2D eigenvalue weighted by Gasteiger charge is 2.15. The van der Waals surface area contributed by atoms with E-state index in [2.05, 4.69) is 0 Å². The first-order chi connectivity index (χ1) is 12.9. The molecule has 2 aromatic carbocycles. The molecular formula is C22H21NO4. The van der Waals surface area contributed by atoms with E-state index in [0.29, 0.717) is 23.5 Å². The maximum atomic E-state index is 12.3. The Kier molecular flexibility index (Phi) is 6.90. The van der Waals surface area contributed by atoms with Gasteiger partial charge < -0.3 is 9.47 Å². The van der Waals surface area contributed by atoms with Crippen molar-refractivity contribution in [2.45, 2.75) is 20.8 Å². The van der Waals surface area contributed by atoms with Crippen molar-refractivity contribution in [2.75, 3.05) is 13.2 Å². The normalized spacial score (nSPS) is 10.8. The van der Waals surface area contributed by atoms with Gasteiger partial charge >= 0.3 is 5.97 Å². The molecule has 0 radical (unpaired) electrons. The topological polar surface area (TPSA) is 76.4 Å². The fraction of sp³-hybridized carbons (Fsp3) is 0.227. The van der Waals surface area contributed by atoms with Crippen LogP contribution >= 0.6 is 0 Å². The Balaban J connectivity index is 2.05. The Labute approximate surface area is 158 Å². The summed E-state index contributed by atoms with van der Waals surface area (Å²) in [5.74, 6) is -0.428. The van der Waals surface area contributed by atoms with Crippen LogP contribution in [0.2, 0.25) is 0 Å². The maximum absolute atomic E-state index is 12.3. The molecule has 0 spiro atoms. The standard InChI is InChI=1S/C22H21NO4/c1-4-26-19-9-7-17(8-10-19)12-18(13-23)22(25)27-14-21(24)20-11-15(2)5-6-16(20)3/h5-12H,4,14H2,1-3H3/b18-12+. The first kappa shape index (κ1) is 19.9. The summed E-state index contributed by atoms with van der Waals surface area (Å²) in [6, 6.07) is 14.3. The molecule has 0 saturated carbocycles.